The van der Waals surface area contributed by atoms with Gasteiger partial charge in [0.25, 0.3) is 0 Å². The van der Waals surface area contributed by atoms with Crippen LogP contribution in [-0.4, -0.2) is 71.1 Å². The predicted octanol–water partition coefficient (Wildman–Crippen LogP) is -2.58. The molecule has 3 atom stereocenters. The van der Waals surface area contributed by atoms with E-state index in [0.717, 1.165) is 0 Å². The van der Waals surface area contributed by atoms with Gasteiger partial charge in [-0.25, -0.2) is 4.79 Å². The summed E-state index contributed by atoms with van der Waals surface area (Å²) in [6.07, 6.45) is 1.35. The van der Waals surface area contributed by atoms with E-state index in [0.29, 0.717) is 25.8 Å². The molecule has 0 heterocycles. The van der Waals surface area contributed by atoms with Gasteiger partial charge in [-0.2, -0.15) is 0 Å². The Morgan fingerprint density at radius 3 is 2.03 bits per heavy atom. The number of amides is 2. The quantitative estimate of drug-likeness (QED) is 0.0719. The zero-order valence-corrected chi connectivity index (χ0v) is 16.9. The number of carboxylic acid groups (broad SMARTS) is 2. The van der Waals surface area contributed by atoms with Crippen molar-refractivity contribution in [2.75, 3.05) is 13.1 Å². The molecule has 12 N–H and O–H groups in total. The third-order valence-electron chi connectivity index (χ3n) is 4.15. The topological polar surface area (TPSA) is 249 Å². The molecule has 2 amide bonds. The number of nitrogens with two attached hydrogens (primary N) is 4. The third kappa shape index (κ3) is 12.5. The SMILES string of the molecule is NCCCCC(N)C(=O)NC(CCC(=O)O)C(=O)NC(CCCN=C(N)N)C(=O)O. The largest absolute Gasteiger partial charge is 0.481 e. The van der Waals surface area contributed by atoms with E-state index < -0.39 is 48.3 Å². The van der Waals surface area contributed by atoms with Crippen LogP contribution in [0.25, 0.3) is 0 Å². The van der Waals surface area contributed by atoms with Crippen LogP contribution in [0.1, 0.15) is 44.9 Å². The summed E-state index contributed by atoms with van der Waals surface area (Å²) in [5.74, 6) is -4.02. The first-order valence-electron chi connectivity index (χ1n) is 9.64. The van der Waals surface area contributed by atoms with Gasteiger partial charge in [-0.1, -0.05) is 6.42 Å². The second-order valence-corrected chi connectivity index (χ2v) is 6.73. The fraction of sp³-hybridized carbons (Fsp3) is 0.706. The summed E-state index contributed by atoms with van der Waals surface area (Å²) < 4.78 is 0. The summed E-state index contributed by atoms with van der Waals surface area (Å²) >= 11 is 0. The van der Waals surface area contributed by atoms with Crippen molar-refractivity contribution in [1.29, 1.82) is 0 Å². The first-order chi connectivity index (χ1) is 14.1. The highest BCUT2D eigenvalue weighted by Crippen LogP contribution is 2.05. The van der Waals surface area contributed by atoms with Crippen molar-refractivity contribution in [2.24, 2.45) is 27.9 Å². The number of carbonyl (C=O) groups is 4. The Morgan fingerprint density at radius 2 is 1.50 bits per heavy atom. The van der Waals surface area contributed by atoms with Crippen LogP contribution in [0.5, 0.6) is 0 Å². The minimum absolute atomic E-state index is 0.0378. The van der Waals surface area contributed by atoms with E-state index in [2.05, 4.69) is 15.6 Å². The predicted molar refractivity (Wildman–Crippen MR) is 109 cm³/mol. The molecule has 172 valence electrons. The first-order valence-corrected chi connectivity index (χ1v) is 9.64. The van der Waals surface area contributed by atoms with Crippen molar-refractivity contribution in [2.45, 2.75) is 63.1 Å². The van der Waals surface area contributed by atoms with E-state index >= 15 is 0 Å². The molecule has 0 rings (SSSR count). The van der Waals surface area contributed by atoms with Crippen LogP contribution >= 0.6 is 0 Å². The minimum atomic E-state index is -1.28. The molecule has 0 aromatic heterocycles. The molecule has 0 radical (unpaired) electrons. The highest BCUT2D eigenvalue weighted by Gasteiger charge is 2.28. The van der Waals surface area contributed by atoms with Gasteiger partial charge in [0.2, 0.25) is 11.8 Å². The lowest BCUT2D eigenvalue weighted by atomic mass is 10.1. The van der Waals surface area contributed by atoms with Crippen LogP contribution in [0.4, 0.5) is 0 Å². The van der Waals surface area contributed by atoms with Crippen molar-refractivity contribution < 1.29 is 29.4 Å². The van der Waals surface area contributed by atoms with Crippen molar-refractivity contribution in [3.63, 3.8) is 0 Å². The van der Waals surface area contributed by atoms with E-state index in [-0.39, 0.29) is 31.8 Å². The summed E-state index contributed by atoms with van der Waals surface area (Å²) in [5, 5.41) is 22.9. The molecule has 3 unspecified atom stereocenters. The van der Waals surface area contributed by atoms with Gasteiger partial charge >= 0.3 is 11.9 Å². The molecule has 13 heteroatoms. The summed E-state index contributed by atoms with van der Waals surface area (Å²) in [6.45, 7) is 0.635. The lowest BCUT2D eigenvalue weighted by molar-refractivity contribution is -0.143. The van der Waals surface area contributed by atoms with Gasteiger partial charge in [0.05, 0.1) is 6.04 Å². The molecule has 0 aromatic carbocycles. The summed E-state index contributed by atoms with van der Waals surface area (Å²) in [5.41, 5.74) is 21.6. The Balaban J connectivity index is 4.99. The molecule has 13 nitrogen and oxygen atoms in total. The number of hydrogen-bond donors (Lipinski definition) is 8. The Kier molecular flexibility index (Phi) is 13.5. The van der Waals surface area contributed by atoms with Gasteiger partial charge in [-0.05, 0) is 38.6 Å². The Morgan fingerprint density at radius 1 is 0.867 bits per heavy atom. The number of aliphatic imine (C=N–C) groups is 1. The second-order valence-electron chi connectivity index (χ2n) is 6.73. The molecule has 0 bridgehead atoms. The maximum Gasteiger partial charge on any atom is 0.326 e. The fourth-order valence-electron chi connectivity index (χ4n) is 2.49. The molecule has 0 aromatic rings. The van der Waals surface area contributed by atoms with Crippen molar-refractivity contribution >= 4 is 29.7 Å². The van der Waals surface area contributed by atoms with Crippen LogP contribution < -0.4 is 33.6 Å². The van der Waals surface area contributed by atoms with Gasteiger partial charge < -0.3 is 43.8 Å². The smallest absolute Gasteiger partial charge is 0.326 e. The highest BCUT2D eigenvalue weighted by molar-refractivity contribution is 5.92. The standard InChI is InChI=1S/C17H33N7O6/c18-8-2-1-4-10(19)14(27)23-11(6-7-13(25)26)15(28)24-12(16(29)30)5-3-9-22-17(20)21/h10-12H,1-9,18-19H2,(H,23,27)(H,24,28)(H,25,26)(H,29,30)(H4,20,21,22). The number of hydrogen-bond acceptors (Lipinski definition) is 7. The monoisotopic (exact) mass is 431 g/mol. The summed E-state index contributed by atoms with van der Waals surface area (Å²) in [6, 6.07) is -3.39. The number of unbranched alkanes of at least 4 members (excludes halogenated alkanes) is 1. The van der Waals surface area contributed by atoms with Gasteiger partial charge in [-0.3, -0.25) is 19.4 Å². The lowest BCUT2D eigenvalue weighted by Crippen LogP contribution is -2.54. The Hall–Kier alpha value is -2.93. The molecule has 0 fully saturated rings. The van der Waals surface area contributed by atoms with Crippen LogP contribution in [-0.2, 0) is 19.2 Å². The molecule has 0 saturated heterocycles. The Bertz CT molecular complexity index is 609. The normalized spacial score (nSPS) is 13.5. The molecule has 0 aliphatic rings. The van der Waals surface area contributed by atoms with E-state index in [1.54, 1.807) is 0 Å². The molecule has 0 aliphatic heterocycles. The Labute approximate surface area is 174 Å². The number of aliphatic carboxylic acids is 2. The van der Waals surface area contributed by atoms with Crippen molar-refractivity contribution in [3.05, 3.63) is 0 Å². The lowest BCUT2D eigenvalue weighted by Gasteiger charge is -2.22. The van der Waals surface area contributed by atoms with E-state index in [9.17, 15) is 24.3 Å². The van der Waals surface area contributed by atoms with E-state index in [4.69, 9.17) is 28.0 Å². The summed E-state index contributed by atoms with van der Waals surface area (Å²) in [4.78, 5) is 50.8. The molecule has 0 spiro atoms. The zero-order valence-electron chi connectivity index (χ0n) is 16.9. The van der Waals surface area contributed by atoms with Gasteiger partial charge in [0.15, 0.2) is 5.96 Å². The average Bonchev–Trinajstić information content (AvgIpc) is 2.66. The fourth-order valence-corrected chi connectivity index (χ4v) is 2.49. The van der Waals surface area contributed by atoms with Crippen molar-refractivity contribution in [1.82, 2.24) is 10.6 Å². The molecule has 0 aliphatic carbocycles. The minimum Gasteiger partial charge on any atom is -0.481 e. The van der Waals surface area contributed by atoms with E-state index in [1.165, 1.54) is 0 Å². The average molecular weight is 431 g/mol. The van der Waals surface area contributed by atoms with Gasteiger partial charge in [-0.15, -0.1) is 0 Å². The second kappa shape index (κ2) is 15.0. The first kappa shape index (κ1) is 27.1. The van der Waals surface area contributed by atoms with Crippen LogP contribution in [0.15, 0.2) is 4.99 Å². The van der Waals surface area contributed by atoms with E-state index in [1.807, 2.05) is 0 Å². The number of nitrogens with zero attached hydrogens (tertiary/aromatic N) is 1. The number of carboxylic acids is 2. The maximum atomic E-state index is 12.5. The molecule has 0 saturated carbocycles. The van der Waals surface area contributed by atoms with Crippen LogP contribution in [0, 0.1) is 0 Å². The number of nitrogens with one attached hydrogen (secondary N) is 2. The number of rotatable bonds is 16. The van der Waals surface area contributed by atoms with Crippen LogP contribution in [0.2, 0.25) is 0 Å². The third-order valence-corrected chi connectivity index (χ3v) is 4.15. The molecule has 30 heavy (non-hydrogen) atoms. The zero-order chi connectivity index (χ0) is 23.1. The molecular formula is C17H33N7O6. The van der Waals surface area contributed by atoms with Gasteiger partial charge in [0, 0.05) is 13.0 Å². The van der Waals surface area contributed by atoms with Crippen molar-refractivity contribution in [3.8, 4) is 0 Å². The number of carbonyl (C=O) groups excluding carboxylic acids is 2. The number of guanidine groups is 1. The van der Waals surface area contributed by atoms with Crippen LogP contribution in [0.3, 0.4) is 0 Å². The summed E-state index contributed by atoms with van der Waals surface area (Å²) in [7, 11) is 0. The maximum absolute atomic E-state index is 12.5. The van der Waals surface area contributed by atoms with Gasteiger partial charge in [0.1, 0.15) is 12.1 Å². The molecular weight excluding hydrogens is 398 g/mol. The highest BCUT2D eigenvalue weighted by atomic mass is 16.4.